The molecular weight excluding hydrogens is 200 g/mol. The largest absolute Gasteiger partial charge is 0.496 e. The first kappa shape index (κ1) is 13.0. The Hall–Kier alpha value is -1.06. The summed E-state index contributed by atoms with van der Waals surface area (Å²) in [4.78, 5) is 2.17. The van der Waals surface area contributed by atoms with Crippen molar-refractivity contribution in [3.63, 3.8) is 0 Å². The zero-order valence-corrected chi connectivity index (χ0v) is 10.7. The van der Waals surface area contributed by atoms with Crippen molar-refractivity contribution in [2.75, 3.05) is 34.3 Å². The van der Waals surface area contributed by atoms with Crippen LogP contribution >= 0.6 is 0 Å². The summed E-state index contributed by atoms with van der Waals surface area (Å²) in [6.45, 7) is 5.06. The molecule has 90 valence electrons. The van der Waals surface area contributed by atoms with E-state index in [4.69, 9.17) is 4.74 Å². The first-order valence-corrected chi connectivity index (χ1v) is 5.62. The van der Waals surface area contributed by atoms with E-state index in [1.165, 1.54) is 11.1 Å². The van der Waals surface area contributed by atoms with Crippen LogP contribution in [0.1, 0.15) is 11.1 Å². The Balaban J connectivity index is 2.40. The lowest BCUT2D eigenvalue weighted by Crippen LogP contribution is -2.26. The molecule has 0 spiro atoms. The second kappa shape index (κ2) is 6.51. The van der Waals surface area contributed by atoms with Gasteiger partial charge in [-0.05, 0) is 38.2 Å². The maximum atomic E-state index is 5.23. The van der Waals surface area contributed by atoms with Crippen LogP contribution in [0.4, 0.5) is 0 Å². The number of methoxy groups -OCH3 is 1. The maximum absolute atomic E-state index is 5.23. The minimum Gasteiger partial charge on any atom is -0.496 e. The van der Waals surface area contributed by atoms with E-state index < -0.39 is 0 Å². The number of hydrogen-bond acceptors (Lipinski definition) is 3. The van der Waals surface area contributed by atoms with E-state index in [1.54, 1.807) is 7.11 Å². The third-order valence-electron chi connectivity index (χ3n) is 2.52. The van der Waals surface area contributed by atoms with Crippen LogP contribution in [0.2, 0.25) is 0 Å². The van der Waals surface area contributed by atoms with Gasteiger partial charge in [-0.3, -0.25) is 0 Å². The van der Waals surface area contributed by atoms with Crippen LogP contribution in [0, 0.1) is 6.92 Å². The van der Waals surface area contributed by atoms with Crippen LogP contribution in [-0.2, 0) is 6.54 Å². The molecule has 0 aliphatic carbocycles. The highest BCUT2D eigenvalue weighted by molar-refractivity contribution is 5.36. The van der Waals surface area contributed by atoms with Crippen LogP contribution in [0.25, 0.3) is 0 Å². The molecule has 0 aromatic heterocycles. The number of rotatable bonds is 6. The lowest BCUT2D eigenvalue weighted by atomic mass is 10.1. The number of hydrogen-bond donors (Lipinski definition) is 1. The van der Waals surface area contributed by atoms with Gasteiger partial charge < -0.3 is 15.0 Å². The molecule has 0 saturated heterocycles. The summed E-state index contributed by atoms with van der Waals surface area (Å²) in [7, 11) is 5.87. The maximum Gasteiger partial charge on any atom is 0.121 e. The van der Waals surface area contributed by atoms with Gasteiger partial charge >= 0.3 is 0 Å². The van der Waals surface area contributed by atoms with Gasteiger partial charge in [0.1, 0.15) is 5.75 Å². The van der Waals surface area contributed by atoms with Crippen molar-refractivity contribution < 1.29 is 4.74 Å². The average molecular weight is 222 g/mol. The third kappa shape index (κ3) is 4.21. The molecule has 1 N–H and O–H groups in total. The van der Waals surface area contributed by atoms with Crippen molar-refractivity contribution in [2.45, 2.75) is 13.5 Å². The molecule has 3 heteroatoms. The number of nitrogens with zero attached hydrogens (tertiary/aromatic N) is 1. The topological polar surface area (TPSA) is 24.5 Å². The molecule has 0 radical (unpaired) electrons. The standard InChI is InChI=1S/C13H22N2O/c1-11-9-12(5-6-13(11)16-4)10-14-7-8-15(2)3/h5-6,9,14H,7-8,10H2,1-4H3. The van der Waals surface area contributed by atoms with Crippen LogP contribution in [0.5, 0.6) is 5.75 Å². The first-order valence-electron chi connectivity index (χ1n) is 5.62. The predicted octanol–water partition coefficient (Wildman–Crippen LogP) is 1.65. The van der Waals surface area contributed by atoms with Gasteiger partial charge in [0.05, 0.1) is 7.11 Å². The lowest BCUT2D eigenvalue weighted by molar-refractivity contribution is 0.399. The van der Waals surface area contributed by atoms with Gasteiger partial charge in [-0.25, -0.2) is 0 Å². The summed E-state index contributed by atoms with van der Waals surface area (Å²) < 4.78 is 5.23. The number of aryl methyl sites for hydroxylation is 1. The normalized spacial score (nSPS) is 10.8. The Labute approximate surface area is 98.4 Å². The van der Waals surface area contributed by atoms with E-state index >= 15 is 0 Å². The van der Waals surface area contributed by atoms with Gasteiger partial charge in [-0.2, -0.15) is 0 Å². The van der Waals surface area contributed by atoms with Crippen LogP contribution in [0.3, 0.4) is 0 Å². The van der Waals surface area contributed by atoms with Crippen molar-refractivity contribution in [1.82, 2.24) is 10.2 Å². The second-order valence-electron chi connectivity index (χ2n) is 4.28. The number of benzene rings is 1. The average Bonchev–Trinajstić information content (AvgIpc) is 2.24. The summed E-state index contributed by atoms with van der Waals surface area (Å²) in [6.07, 6.45) is 0. The molecule has 0 aliphatic rings. The van der Waals surface area contributed by atoms with E-state index in [-0.39, 0.29) is 0 Å². The summed E-state index contributed by atoms with van der Waals surface area (Å²) in [5.41, 5.74) is 2.49. The van der Waals surface area contributed by atoms with E-state index in [9.17, 15) is 0 Å². The molecule has 0 heterocycles. The van der Waals surface area contributed by atoms with Crippen molar-refractivity contribution in [3.05, 3.63) is 29.3 Å². The predicted molar refractivity (Wildman–Crippen MR) is 68.0 cm³/mol. The van der Waals surface area contributed by atoms with Gasteiger partial charge in [0, 0.05) is 19.6 Å². The van der Waals surface area contributed by atoms with Crippen molar-refractivity contribution in [1.29, 1.82) is 0 Å². The first-order chi connectivity index (χ1) is 7.63. The Morgan fingerprint density at radius 3 is 2.62 bits per heavy atom. The van der Waals surface area contributed by atoms with Gasteiger partial charge in [-0.15, -0.1) is 0 Å². The molecule has 3 nitrogen and oxygen atoms in total. The van der Waals surface area contributed by atoms with Gasteiger partial charge in [-0.1, -0.05) is 12.1 Å². The summed E-state index contributed by atoms with van der Waals surface area (Å²) in [5, 5.41) is 3.42. The second-order valence-corrected chi connectivity index (χ2v) is 4.28. The van der Waals surface area contributed by atoms with Gasteiger partial charge in [0.2, 0.25) is 0 Å². The SMILES string of the molecule is COc1ccc(CNCCN(C)C)cc1C. The Morgan fingerprint density at radius 2 is 2.06 bits per heavy atom. The molecule has 0 unspecified atom stereocenters. The highest BCUT2D eigenvalue weighted by Crippen LogP contribution is 2.18. The third-order valence-corrected chi connectivity index (χ3v) is 2.52. The molecular formula is C13H22N2O. The highest BCUT2D eigenvalue weighted by Gasteiger charge is 1.99. The quantitative estimate of drug-likeness (QED) is 0.741. The Kier molecular flexibility index (Phi) is 5.29. The minimum atomic E-state index is 0.915. The smallest absolute Gasteiger partial charge is 0.121 e. The lowest BCUT2D eigenvalue weighted by Gasteiger charge is -2.11. The van der Waals surface area contributed by atoms with Crippen molar-refractivity contribution in [2.24, 2.45) is 0 Å². The molecule has 0 fully saturated rings. The number of ether oxygens (including phenoxy) is 1. The van der Waals surface area contributed by atoms with E-state index in [1.807, 2.05) is 6.07 Å². The van der Waals surface area contributed by atoms with Crippen molar-refractivity contribution in [3.8, 4) is 5.75 Å². The zero-order chi connectivity index (χ0) is 12.0. The summed E-state index contributed by atoms with van der Waals surface area (Å²) in [6, 6.07) is 6.30. The number of likely N-dealkylation sites (N-methyl/N-ethyl adjacent to an activating group) is 1. The molecule has 0 aliphatic heterocycles. The van der Waals surface area contributed by atoms with Crippen LogP contribution < -0.4 is 10.1 Å². The van der Waals surface area contributed by atoms with Crippen LogP contribution in [0.15, 0.2) is 18.2 Å². The molecule has 0 saturated carbocycles. The van der Waals surface area contributed by atoms with Gasteiger partial charge in [0.15, 0.2) is 0 Å². The molecule has 0 amide bonds. The fourth-order valence-electron chi connectivity index (χ4n) is 1.59. The Bertz CT molecular complexity index is 324. The molecule has 0 atom stereocenters. The van der Waals surface area contributed by atoms with E-state index in [2.05, 4.69) is 43.4 Å². The molecule has 16 heavy (non-hydrogen) atoms. The summed E-state index contributed by atoms with van der Waals surface area (Å²) in [5.74, 6) is 0.956. The molecule has 1 rings (SSSR count). The number of nitrogens with one attached hydrogen (secondary N) is 1. The Morgan fingerprint density at radius 1 is 1.31 bits per heavy atom. The van der Waals surface area contributed by atoms with Gasteiger partial charge in [0.25, 0.3) is 0 Å². The molecule has 0 bridgehead atoms. The minimum absolute atomic E-state index is 0.915. The van der Waals surface area contributed by atoms with E-state index in [0.29, 0.717) is 0 Å². The van der Waals surface area contributed by atoms with E-state index in [0.717, 1.165) is 25.4 Å². The molecule has 1 aromatic carbocycles. The monoisotopic (exact) mass is 222 g/mol. The van der Waals surface area contributed by atoms with Crippen LogP contribution in [-0.4, -0.2) is 39.2 Å². The fraction of sp³-hybridized carbons (Fsp3) is 0.538. The summed E-state index contributed by atoms with van der Waals surface area (Å²) >= 11 is 0. The molecule has 1 aromatic rings. The fourth-order valence-corrected chi connectivity index (χ4v) is 1.59. The zero-order valence-electron chi connectivity index (χ0n) is 10.7. The van der Waals surface area contributed by atoms with Crippen molar-refractivity contribution >= 4 is 0 Å². The highest BCUT2D eigenvalue weighted by atomic mass is 16.5.